The van der Waals surface area contributed by atoms with Crippen LogP contribution in [0.4, 0.5) is 0 Å². The minimum atomic E-state index is 0.329. The predicted octanol–water partition coefficient (Wildman–Crippen LogP) is 3.24. The van der Waals surface area contributed by atoms with Crippen LogP contribution in [0, 0.1) is 6.92 Å². The van der Waals surface area contributed by atoms with Crippen molar-refractivity contribution in [1.82, 2.24) is 10.3 Å². The zero-order valence-corrected chi connectivity index (χ0v) is 12.1. The molecule has 1 aromatic heterocycles. The van der Waals surface area contributed by atoms with E-state index in [2.05, 4.69) is 42.3 Å². The number of thiazole rings is 1. The standard InChI is InChI=1S/C15H18N2OS/c1-10-8-17-15(19-10)9-16-11(2)12-3-4-14-13(7-12)5-6-18-14/h3-4,7-8,11,16H,5-6,9H2,1-2H3. The Labute approximate surface area is 117 Å². The summed E-state index contributed by atoms with van der Waals surface area (Å²) in [4.78, 5) is 5.64. The van der Waals surface area contributed by atoms with E-state index in [0.29, 0.717) is 6.04 Å². The summed E-state index contributed by atoms with van der Waals surface area (Å²) >= 11 is 1.75. The molecule has 0 fully saturated rings. The molecule has 1 N–H and O–H groups in total. The maximum Gasteiger partial charge on any atom is 0.122 e. The molecule has 0 radical (unpaired) electrons. The topological polar surface area (TPSA) is 34.2 Å². The van der Waals surface area contributed by atoms with Crippen molar-refractivity contribution in [2.24, 2.45) is 0 Å². The molecule has 0 spiro atoms. The van der Waals surface area contributed by atoms with Gasteiger partial charge in [0.2, 0.25) is 0 Å². The fraction of sp³-hybridized carbons (Fsp3) is 0.400. The van der Waals surface area contributed by atoms with Gasteiger partial charge in [0.05, 0.1) is 6.61 Å². The molecule has 19 heavy (non-hydrogen) atoms. The molecular formula is C15H18N2OS. The van der Waals surface area contributed by atoms with Gasteiger partial charge in [0.15, 0.2) is 0 Å². The lowest BCUT2D eigenvalue weighted by Gasteiger charge is -2.14. The molecule has 3 nitrogen and oxygen atoms in total. The van der Waals surface area contributed by atoms with E-state index in [1.54, 1.807) is 11.3 Å². The lowest BCUT2D eigenvalue weighted by atomic mass is 10.0. The minimum absolute atomic E-state index is 0.329. The van der Waals surface area contributed by atoms with Gasteiger partial charge in [-0.2, -0.15) is 0 Å². The second-order valence-corrected chi connectivity index (χ2v) is 6.25. The lowest BCUT2D eigenvalue weighted by molar-refractivity contribution is 0.356. The first-order valence-corrected chi connectivity index (χ1v) is 7.44. The highest BCUT2D eigenvalue weighted by molar-refractivity contribution is 7.11. The number of hydrogen-bond acceptors (Lipinski definition) is 4. The van der Waals surface area contributed by atoms with Crippen LogP contribution in [0.1, 0.15) is 34.0 Å². The normalized spacial score (nSPS) is 15.1. The summed E-state index contributed by atoms with van der Waals surface area (Å²) in [5.41, 5.74) is 2.65. The molecule has 1 aromatic carbocycles. The lowest BCUT2D eigenvalue weighted by Crippen LogP contribution is -2.18. The third-order valence-electron chi connectivity index (χ3n) is 3.44. The highest BCUT2D eigenvalue weighted by Gasteiger charge is 2.14. The Bertz CT molecular complexity index is 579. The number of hydrogen-bond donors (Lipinski definition) is 1. The van der Waals surface area contributed by atoms with Crippen molar-refractivity contribution in [2.75, 3.05) is 6.61 Å². The van der Waals surface area contributed by atoms with E-state index in [-0.39, 0.29) is 0 Å². The molecule has 3 rings (SSSR count). The number of aromatic nitrogens is 1. The van der Waals surface area contributed by atoms with Crippen molar-refractivity contribution in [1.29, 1.82) is 0 Å². The van der Waals surface area contributed by atoms with E-state index in [4.69, 9.17) is 4.74 Å². The van der Waals surface area contributed by atoms with Gasteiger partial charge >= 0.3 is 0 Å². The number of aryl methyl sites for hydroxylation is 1. The third-order valence-corrected chi connectivity index (χ3v) is 4.35. The number of fused-ring (bicyclic) bond motifs is 1. The second kappa shape index (κ2) is 5.31. The van der Waals surface area contributed by atoms with Gasteiger partial charge < -0.3 is 10.1 Å². The average molecular weight is 274 g/mol. The average Bonchev–Trinajstić information content (AvgIpc) is 3.03. The van der Waals surface area contributed by atoms with E-state index in [9.17, 15) is 0 Å². The minimum Gasteiger partial charge on any atom is -0.493 e. The highest BCUT2D eigenvalue weighted by Crippen LogP contribution is 2.28. The van der Waals surface area contributed by atoms with E-state index in [0.717, 1.165) is 30.3 Å². The SMILES string of the molecule is Cc1cnc(CNC(C)c2ccc3c(c2)CCO3)s1. The maximum atomic E-state index is 5.54. The molecule has 0 amide bonds. The van der Waals surface area contributed by atoms with Crippen LogP contribution < -0.4 is 10.1 Å². The summed E-state index contributed by atoms with van der Waals surface area (Å²) in [7, 11) is 0. The quantitative estimate of drug-likeness (QED) is 0.929. The van der Waals surface area contributed by atoms with E-state index >= 15 is 0 Å². The molecule has 2 aromatic rings. The van der Waals surface area contributed by atoms with Crippen LogP contribution in [0.3, 0.4) is 0 Å². The smallest absolute Gasteiger partial charge is 0.122 e. The van der Waals surface area contributed by atoms with Gasteiger partial charge in [-0.15, -0.1) is 11.3 Å². The zero-order valence-electron chi connectivity index (χ0n) is 11.3. The van der Waals surface area contributed by atoms with Crippen LogP contribution in [0.2, 0.25) is 0 Å². The Morgan fingerprint density at radius 1 is 1.47 bits per heavy atom. The van der Waals surface area contributed by atoms with Crippen LogP contribution in [-0.2, 0) is 13.0 Å². The molecule has 1 unspecified atom stereocenters. The number of nitrogens with zero attached hydrogens (tertiary/aromatic N) is 1. The van der Waals surface area contributed by atoms with Gasteiger partial charge in [0, 0.05) is 30.1 Å². The van der Waals surface area contributed by atoms with Crippen molar-refractivity contribution in [2.45, 2.75) is 32.9 Å². The summed E-state index contributed by atoms with van der Waals surface area (Å²) in [6.45, 7) is 5.93. The summed E-state index contributed by atoms with van der Waals surface area (Å²) in [6, 6.07) is 6.82. The second-order valence-electron chi connectivity index (χ2n) is 4.93. The first-order chi connectivity index (χ1) is 9.22. The number of benzene rings is 1. The number of ether oxygens (including phenoxy) is 1. The van der Waals surface area contributed by atoms with Gasteiger partial charge in [-0.25, -0.2) is 4.98 Å². The molecule has 1 atom stereocenters. The van der Waals surface area contributed by atoms with Crippen LogP contribution in [-0.4, -0.2) is 11.6 Å². The molecule has 1 aliphatic rings. The van der Waals surface area contributed by atoms with Crippen LogP contribution in [0.5, 0.6) is 5.75 Å². The summed E-state index contributed by atoms with van der Waals surface area (Å²) in [6.07, 6.45) is 2.96. The van der Waals surface area contributed by atoms with Crippen LogP contribution >= 0.6 is 11.3 Å². The van der Waals surface area contributed by atoms with Gasteiger partial charge in [0.25, 0.3) is 0 Å². The first-order valence-electron chi connectivity index (χ1n) is 6.62. The van der Waals surface area contributed by atoms with E-state index in [1.165, 1.54) is 16.0 Å². The van der Waals surface area contributed by atoms with E-state index in [1.807, 2.05) is 6.20 Å². The first kappa shape index (κ1) is 12.6. The van der Waals surface area contributed by atoms with Crippen LogP contribution in [0.25, 0.3) is 0 Å². The molecule has 100 valence electrons. The van der Waals surface area contributed by atoms with Gasteiger partial charge in [0.1, 0.15) is 10.8 Å². The molecule has 0 saturated carbocycles. The maximum absolute atomic E-state index is 5.54. The van der Waals surface area contributed by atoms with Crippen molar-refractivity contribution < 1.29 is 4.74 Å². The molecule has 0 bridgehead atoms. The Morgan fingerprint density at radius 2 is 2.37 bits per heavy atom. The fourth-order valence-electron chi connectivity index (χ4n) is 2.32. The summed E-state index contributed by atoms with van der Waals surface area (Å²) in [5.74, 6) is 1.05. The Hall–Kier alpha value is -1.39. The largest absolute Gasteiger partial charge is 0.493 e. The summed E-state index contributed by atoms with van der Waals surface area (Å²) in [5, 5.41) is 4.67. The predicted molar refractivity (Wildman–Crippen MR) is 77.7 cm³/mol. The summed E-state index contributed by atoms with van der Waals surface area (Å²) < 4.78 is 5.54. The fourth-order valence-corrected chi connectivity index (χ4v) is 3.06. The van der Waals surface area contributed by atoms with E-state index < -0.39 is 0 Å². The van der Waals surface area contributed by atoms with Gasteiger partial charge in [-0.3, -0.25) is 0 Å². The van der Waals surface area contributed by atoms with Crippen molar-refractivity contribution in [3.63, 3.8) is 0 Å². The third kappa shape index (κ3) is 2.80. The monoisotopic (exact) mass is 274 g/mol. The molecule has 2 heterocycles. The zero-order chi connectivity index (χ0) is 13.2. The van der Waals surface area contributed by atoms with Gasteiger partial charge in [-0.05, 0) is 31.0 Å². The highest BCUT2D eigenvalue weighted by atomic mass is 32.1. The van der Waals surface area contributed by atoms with Gasteiger partial charge in [-0.1, -0.05) is 12.1 Å². The Morgan fingerprint density at radius 3 is 3.16 bits per heavy atom. The molecular weight excluding hydrogens is 256 g/mol. The Kier molecular flexibility index (Phi) is 3.53. The Balaban J connectivity index is 1.65. The molecule has 1 aliphatic heterocycles. The molecule has 0 aliphatic carbocycles. The number of rotatable bonds is 4. The van der Waals surface area contributed by atoms with Crippen molar-refractivity contribution >= 4 is 11.3 Å². The van der Waals surface area contributed by atoms with Crippen molar-refractivity contribution in [3.8, 4) is 5.75 Å². The number of nitrogens with one attached hydrogen (secondary N) is 1. The molecule has 0 saturated heterocycles. The van der Waals surface area contributed by atoms with Crippen molar-refractivity contribution in [3.05, 3.63) is 45.4 Å². The molecule has 4 heteroatoms. The van der Waals surface area contributed by atoms with Crippen LogP contribution in [0.15, 0.2) is 24.4 Å².